The molecular formula is C19H21ClN2O3. The van der Waals surface area contributed by atoms with Crippen LogP contribution in [-0.4, -0.2) is 33.0 Å². The van der Waals surface area contributed by atoms with Gasteiger partial charge in [0, 0.05) is 16.6 Å². The van der Waals surface area contributed by atoms with E-state index in [0.717, 1.165) is 24.8 Å². The van der Waals surface area contributed by atoms with Crippen LogP contribution in [0.2, 0.25) is 5.02 Å². The molecule has 1 saturated carbocycles. The molecule has 2 aliphatic rings. The molecule has 0 amide bonds. The monoisotopic (exact) mass is 360 g/mol. The third-order valence-corrected chi connectivity index (χ3v) is 5.76. The largest absolute Gasteiger partial charge is 0.480 e. The van der Waals surface area contributed by atoms with Crippen molar-refractivity contribution in [1.82, 2.24) is 9.88 Å². The minimum atomic E-state index is -0.737. The van der Waals surface area contributed by atoms with Crippen molar-refractivity contribution in [2.24, 2.45) is 5.92 Å². The van der Waals surface area contributed by atoms with Crippen LogP contribution in [0.25, 0.3) is 11.3 Å². The molecule has 0 radical (unpaired) electrons. The molecule has 1 aromatic carbocycles. The highest BCUT2D eigenvalue weighted by atomic mass is 35.5. The highest BCUT2D eigenvalue weighted by Crippen LogP contribution is 2.40. The van der Waals surface area contributed by atoms with Gasteiger partial charge in [-0.2, -0.15) is 0 Å². The average Bonchev–Trinajstić information content (AvgIpc) is 3.21. The molecule has 0 spiro atoms. The number of nitrogens with zero attached hydrogens (tertiary/aromatic N) is 2. The Hall–Kier alpha value is -1.85. The van der Waals surface area contributed by atoms with Crippen molar-refractivity contribution in [2.45, 2.75) is 50.7 Å². The van der Waals surface area contributed by atoms with Crippen LogP contribution in [0, 0.1) is 5.92 Å². The van der Waals surface area contributed by atoms with Crippen molar-refractivity contribution < 1.29 is 14.3 Å². The van der Waals surface area contributed by atoms with Crippen LogP contribution in [0.1, 0.15) is 38.0 Å². The fourth-order valence-electron chi connectivity index (χ4n) is 4.31. The molecule has 132 valence electrons. The van der Waals surface area contributed by atoms with E-state index in [1.54, 1.807) is 6.20 Å². The molecule has 2 aromatic rings. The van der Waals surface area contributed by atoms with E-state index >= 15 is 0 Å². The molecule has 4 rings (SSSR count). The van der Waals surface area contributed by atoms with E-state index in [1.165, 1.54) is 12.8 Å². The van der Waals surface area contributed by atoms with Crippen molar-refractivity contribution in [3.05, 3.63) is 41.4 Å². The Kier molecular flexibility index (Phi) is 4.52. The third-order valence-electron chi connectivity index (χ3n) is 5.51. The zero-order valence-corrected chi connectivity index (χ0v) is 14.7. The lowest BCUT2D eigenvalue weighted by Crippen LogP contribution is -2.41. The normalized spacial score (nSPS) is 26.5. The summed E-state index contributed by atoms with van der Waals surface area (Å²) in [6, 6.07) is 7.30. The maximum atomic E-state index is 11.7. The van der Waals surface area contributed by atoms with Gasteiger partial charge in [-0.25, -0.2) is 4.98 Å². The quantitative estimate of drug-likeness (QED) is 0.884. The van der Waals surface area contributed by atoms with Crippen LogP contribution in [0.4, 0.5) is 0 Å². The van der Waals surface area contributed by atoms with Gasteiger partial charge < -0.3 is 9.52 Å². The summed E-state index contributed by atoms with van der Waals surface area (Å²) in [6.45, 7) is 0.450. The second-order valence-corrected chi connectivity index (χ2v) is 7.44. The third kappa shape index (κ3) is 3.31. The Morgan fingerprint density at radius 2 is 2.04 bits per heavy atom. The molecule has 5 nitrogen and oxygen atoms in total. The first kappa shape index (κ1) is 16.6. The number of hydrogen-bond donors (Lipinski definition) is 1. The molecule has 1 aliphatic carbocycles. The number of rotatable bonds is 4. The van der Waals surface area contributed by atoms with Crippen LogP contribution in [0.3, 0.4) is 0 Å². The zero-order chi connectivity index (χ0) is 17.4. The molecular weight excluding hydrogens is 340 g/mol. The lowest BCUT2D eigenvalue weighted by Gasteiger charge is -2.32. The number of likely N-dealkylation sites (tertiary alicyclic amines) is 1. The second-order valence-electron chi connectivity index (χ2n) is 7.00. The number of carboxylic acids is 1. The molecule has 1 N–H and O–H groups in total. The van der Waals surface area contributed by atoms with Gasteiger partial charge in [0.2, 0.25) is 5.89 Å². The number of hydrogen-bond acceptors (Lipinski definition) is 4. The number of carbonyl (C=O) groups is 1. The predicted molar refractivity (Wildman–Crippen MR) is 94.3 cm³/mol. The van der Waals surface area contributed by atoms with Gasteiger partial charge >= 0.3 is 5.97 Å². The van der Waals surface area contributed by atoms with Crippen LogP contribution in [0.5, 0.6) is 0 Å². The highest BCUT2D eigenvalue weighted by Gasteiger charge is 2.45. The fraction of sp³-hybridized carbons (Fsp3) is 0.474. The summed E-state index contributed by atoms with van der Waals surface area (Å²) < 4.78 is 5.89. The van der Waals surface area contributed by atoms with Gasteiger partial charge in [-0.15, -0.1) is 0 Å². The summed E-state index contributed by atoms with van der Waals surface area (Å²) in [5.74, 6) is 1.000. The first-order chi connectivity index (χ1) is 12.1. The van der Waals surface area contributed by atoms with E-state index in [0.29, 0.717) is 35.2 Å². The van der Waals surface area contributed by atoms with E-state index in [2.05, 4.69) is 9.88 Å². The summed E-state index contributed by atoms with van der Waals surface area (Å²) in [6.07, 6.45) is 7.02. The number of oxazole rings is 1. The molecule has 2 fully saturated rings. The lowest BCUT2D eigenvalue weighted by atomic mass is 9.85. The summed E-state index contributed by atoms with van der Waals surface area (Å²) in [5.41, 5.74) is 0.912. The predicted octanol–water partition coefficient (Wildman–Crippen LogP) is 4.21. The minimum absolute atomic E-state index is 0.334. The Morgan fingerprint density at radius 1 is 1.28 bits per heavy atom. The second kappa shape index (κ2) is 6.81. The van der Waals surface area contributed by atoms with Crippen molar-refractivity contribution in [2.75, 3.05) is 0 Å². The molecule has 25 heavy (non-hydrogen) atoms. The average molecular weight is 361 g/mol. The van der Waals surface area contributed by atoms with Gasteiger partial charge in [-0.1, -0.05) is 24.4 Å². The van der Waals surface area contributed by atoms with E-state index in [4.69, 9.17) is 16.0 Å². The molecule has 3 unspecified atom stereocenters. The first-order valence-corrected chi connectivity index (χ1v) is 9.19. The van der Waals surface area contributed by atoms with E-state index < -0.39 is 12.0 Å². The summed E-state index contributed by atoms with van der Waals surface area (Å²) in [5, 5.41) is 10.3. The molecule has 6 heteroatoms. The number of benzene rings is 1. The van der Waals surface area contributed by atoms with Crippen LogP contribution < -0.4 is 0 Å². The molecule has 1 saturated heterocycles. The van der Waals surface area contributed by atoms with Crippen molar-refractivity contribution >= 4 is 17.6 Å². The van der Waals surface area contributed by atoms with Crippen molar-refractivity contribution in [3.8, 4) is 11.3 Å². The Morgan fingerprint density at radius 3 is 2.80 bits per heavy atom. The molecule has 2 heterocycles. The van der Waals surface area contributed by atoms with Gasteiger partial charge in [0.25, 0.3) is 0 Å². The minimum Gasteiger partial charge on any atom is -0.480 e. The van der Waals surface area contributed by atoms with E-state index in [1.807, 2.05) is 24.3 Å². The molecule has 1 aromatic heterocycles. The fourth-order valence-corrected chi connectivity index (χ4v) is 4.44. The number of carboxylic acid groups (broad SMARTS) is 1. The first-order valence-electron chi connectivity index (χ1n) is 8.81. The standard InChI is InChI=1S/C19H21ClN2O3/c20-14-7-5-12(6-8-14)17-10-21-18(25-17)11-22-15-4-2-1-3-13(15)9-16(22)19(23)24/h5-8,10,13,15-16H,1-4,9,11H2,(H,23,24). The van der Waals surface area contributed by atoms with Gasteiger partial charge in [-0.05, 0) is 49.4 Å². The zero-order valence-electron chi connectivity index (χ0n) is 13.9. The summed E-state index contributed by atoms with van der Waals surface area (Å²) in [4.78, 5) is 18.2. The molecule has 1 aliphatic heterocycles. The number of halogens is 1. The Labute approximate surface area is 151 Å². The number of aliphatic carboxylic acids is 1. The Balaban J connectivity index is 1.54. The number of fused-ring (bicyclic) bond motifs is 1. The maximum absolute atomic E-state index is 11.7. The summed E-state index contributed by atoms with van der Waals surface area (Å²) in [7, 11) is 0. The maximum Gasteiger partial charge on any atom is 0.320 e. The van der Waals surface area contributed by atoms with Crippen molar-refractivity contribution in [3.63, 3.8) is 0 Å². The van der Waals surface area contributed by atoms with Gasteiger partial charge in [0.15, 0.2) is 5.76 Å². The molecule has 3 atom stereocenters. The van der Waals surface area contributed by atoms with Crippen LogP contribution in [-0.2, 0) is 11.3 Å². The smallest absolute Gasteiger partial charge is 0.320 e. The highest BCUT2D eigenvalue weighted by molar-refractivity contribution is 6.30. The lowest BCUT2D eigenvalue weighted by molar-refractivity contribution is -0.143. The number of aromatic nitrogens is 1. The van der Waals surface area contributed by atoms with Gasteiger partial charge in [-0.3, -0.25) is 9.69 Å². The van der Waals surface area contributed by atoms with E-state index in [-0.39, 0.29) is 0 Å². The van der Waals surface area contributed by atoms with Crippen molar-refractivity contribution in [1.29, 1.82) is 0 Å². The molecule has 0 bridgehead atoms. The van der Waals surface area contributed by atoms with Gasteiger partial charge in [0.1, 0.15) is 6.04 Å². The SMILES string of the molecule is O=C(O)C1CC2CCCCC2N1Cc1ncc(-c2ccc(Cl)cc2)o1. The van der Waals surface area contributed by atoms with Crippen LogP contribution in [0.15, 0.2) is 34.9 Å². The van der Waals surface area contributed by atoms with Gasteiger partial charge in [0.05, 0.1) is 12.7 Å². The Bertz CT molecular complexity index is 758. The summed E-state index contributed by atoms with van der Waals surface area (Å²) >= 11 is 5.92. The van der Waals surface area contributed by atoms with Crippen LogP contribution >= 0.6 is 11.6 Å². The van der Waals surface area contributed by atoms with E-state index in [9.17, 15) is 9.90 Å². The topological polar surface area (TPSA) is 66.6 Å².